The summed E-state index contributed by atoms with van der Waals surface area (Å²) in [5.41, 5.74) is 7.42. The molecule has 0 aromatic heterocycles. The molecule has 0 aliphatic rings. The third kappa shape index (κ3) is 3.48. The lowest BCUT2D eigenvalue weighted by Gasteiger charge is -2.13. The zero-order valence-corrected chi connectivity index (χ0v) is 14.0. The van der Waals surface area contributed by atoms with E-state index in [-0.39, 0.29) is 4.90 Å². The lowest BCUT2D eigenvalue weighted by atomic mass is 10.2. The van der Waals surface area contributed by atoms with E-state index >= 15 is 0 Å². The molecule has 0 fully saturated rings. The number of aryl methyl sites for hydroxylation is 1. The lowest BCUT2D eigenvalue weighted by Crippen LogP contribution is -2.14. The van der Waals surface area contributed by atoms with Gasteiger partial charge in [-0.15, -0.1) is 0 Å². The van der Waals surface area contributed by atoms with Crippen molar-refractivity contribution in [3.8, 4) is 5.75 Å². The Labute approximate surface area is 132 Å². The fraction of sp³-hybridized carbons (Fsp3) is 0.143. The highest BCUT2D eigenvalue weighted by molar-refractivity contribution is 9.10. The number of nitrogen functional groups attached to an aromatic ring is 1. The number of hydrogen-bond donors (Lipinski definition) is 2. The molecule has 2 aromatic carbocycles. The molecule has 0 spiro atoms. The van der Waals surface area contributed by atoms with Gasteiger partial charge >= 0.3 is 0 Å². The molecular weight excluding hydrogens is 356 g/mol. The van der Waals surface area contributed by atoms with Crippen molar-refractivity contribution in [3.05, 3.63) is 46.4 Å². The Balaban J connectivity index is 2.44. The van der Waals surface area contributed by atoms with Gasteiger partial charge in [0.05, 0.1) is 12.8 Å². The first-order chi connectivity index (χ1) is 9.83. The van der Waals surface area contributed by atoms with Gasteiger partial charge in [0.15, 0.2) is 0 Å². The van der Waals surface area contributed by atoms with Gasteiger partial charge in [-0.1, -0.05) is 6.07 Å². The summed E-state index contributed by atoms with van der Waals surface area (Å²) in [6.45, 7) is 1.87. The van der Waals surface area contributed by atoms with Crippen molar-refractivity contribution in [1.82, 2.24) is 0 Å². The number of sulfonamides is 1. The number of benzene rings is 2. The third-order valence-corrected chi connectivity index (χ3v) is 5.19. The molecule has 21 heavy (non-hydrogen) atoms. The number of halogens is 1. The Morgan fingerprint density at radius 1 is 1.19 bits per heavy atom. The van der Waals surface area contributed by atoms with Crippen LogP contribution in [0, 0.1) is 6.92 Å². The minimum absolute atomic E-state index is 0.111. The standard InChI is InChI=1S/C14H15BrN2O3S/c1-9-3-5-13(20-2)12(7-9)17-21(18,19)14-6-4-10(16)8-11(14)15/h3-8,17H,16H2,1-2H3. The summed E-state index contributed by atoms with van der Waals surface area (Å²) in [4.78, 5) is 0.111. The van der Waals surface area contributed by atoms with Crippen LogP contribution in [-0.2, 0) is 10.0 Å². The van der Waals surface area contributed by atoms with E-state index in [9.17, 15) is 8.42 Å². The molecule has 0 heterocycles. The normalized spacial score (nSPS) is 11.2. The monoisotopic (exact) mass is 370 g/mol. The van der Waals surface area contributed by atoms with Crippen molar-refractivity contribution in [1.29, 1.82) is 0 Å². The number of methoxy groups -OCH3 is 1. The Hall–Kier alpha value is -1.73. The van der Waals surface area contributed by atoms with E-state index < -0.39 is 10.0 Å². The van der Waals surface area contributed by atoms with Gasteiger partial charge in [-0.3, -0.25) is 4.72 Å². The highest BCUT2D eigenvalue weighted by Gasteiger charge is 2.19. The summed E-state index contributed by atoms with van der Waals surface area (Å²) in [7, 11) is -2.25. The summed E-state index contributed by atoms with van der Waals surface area (Å²) >= 11 is 3.22. The molecule has 0 radical (unpaired) electrons. The quantitative estimate of drug-likeness (QED) is 0.809. The maximum absolute atomic E-state index is 12.5. The first kappa shape index (κ1) is 15.7. The summed E-state index contributed by atoms with van der Waals surface area (Å²) in [5, 5.41) is 0. The molecule has 0 saturated heterocycles. The minimum atomic E-state index is -3.74. The van der Waals surface area contributed by atoms with Gasteiger partial charge < -0.3 is 10.5 Å². The Morgan fingerprint density at radius 2 is 1.90 bits per heavy atom. The van der Waals surface area contributed by atoms with Crippen LogP contribution in [0.1, 0.15) is 5.56 Å². The summed E-state index contributed by atoms with van der Waals surface area (Å²) < 4.78 is 33.1. The summed E-state index contributed by atoms with van der Waals surface area (Å²) in [6.07, 6.45) is 0. The zero-order valence-electron chi connectivity index (χ0n) is 11.6. The molecule has 0 aliphatic carbocycles. The van der Waals surface area contributed by atoms with E-state index in [2.05, 4.69) is 20.7 Å². The van der Waals surface area contributed by atoms with E-state index in [1.807, 2.05) is 13.0 Å². The number of hydrogen-bond acceptors (Lipinski definition) is 4. The number of anilines is 2. The molecule has 0 saturated carbocycles. The Bertz CT molecular complexity index is 776. The molecule has 0 aliphatic heterocycles. The van der Waals surface area contributed by atoms with E-state index in [4.69, 9.17) is 10.5 Å². The van der Waals surface area contributed by atoms with Gasteiger partial charge in [0.25, 0.3) is 10.0 Å². The first-order valence-electron chi connectivity index (χ1n) is 6.06. The second-order valence-corrected chi connectivity index (χ2v) is 7.00. The van der Waals surface area contributed by atoms with Crippen LogP contribution in [0.5, 0.6) is 5.75 Å². The van der Waals surface area contributed by atoms with Crippen molar-refractivity contribution in [2.24, 2.45) is 0 Å². The highest BCUT2D eigenvalue weighted by Crippen LogP contribution is 2.30. The fourth-order valence-corrected chi connectivity index (χ4v) is 3.99. The van der Waals surface area contributed by atoms with E-state index in [0.29, 0.717) is 21.6 Å². The minimum Gasteiger partial charge on any atom is -0.495 e. The summed E-state index contributed by atoms with van der Waals surface area (Å²) in [5.74, 6) is 0.454. The number of nitrogens with one attached hydrogen (secondary N) is 1. The third-order valence-electron chi connectivity index (χ3n) is 2.84. The van der Waals surface area contributed by atoms with Crippen LogP contribution in [-0.4, -0.2) is 15.5 Å². The van der Waals surface area contributed by atoms with Gasteiger partial charge in [0.1, 0.15) is 10.6 Å². The van der Waals surface area contributed by atoms with Crippen molar-refractivity contribution >= 4 is 37.3 Å². The van der Waals surface area contributed by atoms with Gasteiger partial charge in [-0.25, -0.2) is 8.42 Å². The average Bonchev–Trinajstić information content (AvgIpc) is 2.37. The van der Waals surface area contributed by atoms with Crippen LogP contribution in [0.4, 0.5) is 11.4 Å². The molecule has 7 heteroatoms. The van der Waals surface area contributed by atoms with Crippen LogP contribution < -0.4 is 15.2 Å². The van der Waals surface area contributed by atoms with Gasteiger partial charge in [-0.2, -0.15) is 0 Å². The van der Waals surface area contributed by atoms with Gasteiger partial charge in [0, 0.05) is 10.2 Å². The molecule has 5 nitrogen and oxygen atoms in total. The Kier molecular flexibility index (Phi) is 4.43. The average molecular weight is 371 g/mol. The zero-order chi connectivity index (χ0) is 15.6. The van der Waals surface area contributed by atoms with Crippen LogP contribution >= 0.6 is 15.9 Å². The number of nitrogens with two attached hydrogens (primary N) is 1. The fourth-order valence-electron chi connectivity index (χ4n) is 1.84. The maximum Gasteiger partial charge on any atom is 0.263 e. The largest absolute Gasteiger partial charge is 0.495 e. The topological polar surface area (TPSA) is 81.4 Å². The lowest BCUT2D eigenvalue weighted by molar-refractivity contribution is 0.417. The molecule has 0 amide bonds. The maximum atomic E-state index is 12.5. The molecular formula is C14H15BrN2O3S. The first-order valence-corrected chi connectivity index (χ1v) is 8.33. The van der Waals surface area contributed by atoms with Crippen LogP contribution in [0.2, 0.25) is 0 Å². The van der Waals surface area contributed by atoms with Crippen molar-refractivity contribution < 1.29 is 13.2 Å². The van der Waals surface area contributed by atoms with Gasteiger partial charge in [-0.05, 0) is 58.7 Å². The molecule has 0 atom stereocenters. The molecule has 0 bridgehead atoms. The molecule has 112 valence electrons. The number of rotatable bonds is 4. The molecule has 0 unspecified atom stereocenters. The van der Waals surface area contributed by atoms with E-state index in [1.165, 1.54) is 19.2 Å². The second kappa shape index (κ2) is 5.95. The van der Waals surface area contributed by atoms with Crippen LogP contribution in [0.3, 0.4) is 0 Å². The van der Waals surface area contributed by atoms with Crippen LogP contribution in [0.15, 0.2) is 45.8 Å². The second-order valence-electron chi connectivity index (χ2n) is 4.50. The SMILES string of the molecule is COc1ccc(C)cc1NS(=O)(=O)c1ccc(N)cc1Br. The number of ether oxygens (including phenoxy) is 1. The molecule has 3 N–H and O–H groups in total. The van der Waals surface area contributed by atoms with Crippen molar-refractivity contribution in [3.63, 3.8) is 0 Å². The smallest absolute Gasteiger partial charge is 0.263 e. The van der Waals surface area contributed by atoms with Crippen molar-refractivity contribution in [2.45, 2.75) is 11.8 Å². The van der Waals surface area contributed by atoms with Gasteiger partial charge in [0.2, 0.25) is 0 Å². The Morgan fingerprint density at radius 3 is 2.52 bits per heavy atom. The highest BCUT2D eigenvalue weighted by atomic mass is 79.9. The van der Waals surface area contributed by atoms with E-state index in [0.717, 1.165) is 5.56 Å². The molecule has 2 aromatic rings. The molecule has 2 rings (SSSR count). The van der Waals surface area contributed by atoms with E-state index in [1.54, 1.807) is 18.2 Å². The predicted molar refractivity (Wildman–Crippen MR) is 87.1 cm³/mol. The summed E-state index contributed by atoms with van der Waals surface area (Å²) in [6, 6.07) is 9.79. The predicted octanol–water partition coefficient (Wildman–Crippen LogP) is 3.15. The van der Waals surface area contributed by atoms with Crippen molar-refractivity contribution in [2.75, 3.05) is 17.6 Å². The van der Waals surface area contributed by atoms with Crippen LogP contribution in [0.25, 0.3) is 0 Å².